The molecule has 2 aliphatic rings. The zero-order valence-corrected chi connectivity index (χ0v) is 22.5. The van der Waals surface area contributed by atoms with E-state index < -0.39 is 21.3 Å². The lowest BCUT2D eigenvalue weighted by molar-refractivity contribution is -0.128. The lowest BCUT2D eigenvalue weighted by atomic mass is 9.70. The van der Waals surface area contributed by atoms with E-state index in [0.717, 1.165) is 12.2 Å². The number of hydrogen-bond donors (Lipinski definition) is 0. The summed E-state index contributed by atoms with van der Waals surface area (Å²) >= 11 is 0. The van der Waals surface area contributed by atoms with Gasteiger partial charge in [-0.05, 0) is 72.7 Å². The molecular weight excluding hydrogens is 492 g/mol. The molecule has 3 aromatic rings. The van der Waals surface area contributed by atoms with Crippen LogP contribution >= 0.6 is 0 Å². The maximum absolute atomic E-state index is 11.8. The minimum absolute atomic E-state index is 0.0248. The Morgan fingerprint density at radius 3 is 1.78 bits per heavy atom. The Hall–Kier alpha value is -2.61. The van der Waals surface area contributed by atoms with Crippen molar-refractivity contribution in [1.29, 1.82) is 0 Å². The summed E-state index contributed by atoms with van der Waals surface area (Å²) in [6.07, 6.45) is 1.88. The number of methoxy groups -OCH3 is 1. The van der Waals surface area contributed by atoms with Gasteiger partial charge in [0.05, 0.1) is 33.9 Å². The van der Waals surface area contributed by atoms with Crippen LogP contribution in [0, 0.1) is 16.7 Å². The molecule has 3 aromatic carbocycles. The summed E-state index contributed by atoms with van der Waals surface area (Å²) in [4.78, 5) is 15.8. The van der Waals surface area contributed by atoms with Crippen LogP contribution in [0.5, 0.6) is 5.75 Å². The van der Waals surface area contributed by atoms with Gasteiger partial charge in [0.15, 0.2) is 14.7 Å². The third-order valence-corrected chi connectivity index (χ3v) is 10.9. The molecule has 0 aliphatic heterocycles. The molecule has 2 unspecified atom stereocenters. The summed E-state index contributed by atoms with van der Waals surface area (Å²) in [7, 11) is -2.71. The quantitative estimate of drug-likeness (QED) is 0.304. The highest BCUT2D eigenvalue weighted by Gasteiger charge is 2.64. The second-order valence-electron chi connectivity index (χ2n) is 9.98. The van der Waals surface area contributed by atoms with Crippen LogP contribution in [0.1, 0.15) is 33.1 Å². The standard InChI is InChI=1S/C19H17OS.C10H16O4S/c1-20-16-12-14-19(15-13-16)21(17-8-4-2-5-9-17)18-10-6-3-7-11-18;1-9(2)7-3-4-10(9,8(11)5-7)6-15(12,13)14/h2-15H,1H3;7H,3-6H2,1-2H3,(H,12,13,14)/q+1;/p-1. The van der Waals surface area contributed by atoms with Gasteiger partial charge >= 0.3 is 0 Å². The second-order valence-corrected chi connectivity index (χ2v) is 13.4. The van der Waals surface area contributed by atoms with Crippen LogP contribution in [0.3, 0.4) is 0 Å². The Bertz CT molecular complexity index is 1250. The van der Waals surface area contributed by atoms with E-state index in [1.165, 1.54) is 14.7 Å². The highest BCUT2D eigenvalue weighted by Crippen LogP contribution is 2.64. The molecule has 0 N–H and O–H groups in total. The largest absolute Gasteiger partial charge is 0.748 e. The monoisotopic (exact) mass is 524 g/mol. The SMILES string of the molecule is CC1(C)C2CCC1(CS(=O)(=O)[O-])C(=O)C2.COc1ccc([S+](c2ccccc2)c2ccccc2)cc1. The summed E-state index contributed by atoms with van der Waals surface area (Å²) < 4.78 is 37.9. The van der Waals surface area contributed by atoms with E-state index in [1.54, 1.807) is 7.11 Å². The van der Waals surface area contributed by atoms with Gasteiger partial charge in [0.1, 0.15) is 11.5 Å². The fourth-order valence-corrected chi connectivity index (χ4v) is 9.01. The predicted molar refractivity (Wildman–Crippen MR) is 141 cm³/mol. The zero-order valence-electron chi connectivity index (χ0n) is 20.8. The van der Waals surface area contributed by atoms with Crippen molar-refractivity contribution in [3.8, 4) is 5.75 Å². The van der Waals surface area contributed by atoms with Crippen molar-refractivity contribution in [3.05, 3.63) is 84.9 Å². The molecule has 2 bridgehead atoms. The van der Waals surface area contributed by atoms with Crippen LogP contribution in [-0.4, -0.2) is 31.6 Å². The van der Waals surface area contributed by atoms with E-state index in [-0.39, 0.29) is 28.0 Å². The average molecular weight is 525 g/mol. The molecule has 5 nitrogen and oxygen atoms in total. The number of carbonyl (C=O) groups is 1. The van der Waals surface area contributed by atoms with Crippen molar-refractivity contribution >= 4 is 26.8 Å². The molecule has 0 spiro atoms. The van der Waals surface area contributed by atoms with Gasteiger partial charge in [-0.3, -0.25) is 4.79 Å². The normalized spacial score (nSPS) is 22.2. The lowest BCUT2D eigenvalue weighted by Gasteiger charge is -2.37. The van der Waals surface area contributed by atoms with Crippen molar-refractivity contribution in [2.75, 3.05) is 12.9 Å². The highest BCUT2D eigenvalue weighted by molar-refractivity contribution is 7.97. The average Bonchev–Trinajstić information content (AvgIpc) is 3.20. The molecule has 2 saturated carbocycles. The van der Waals surface area contributed by atoms with E-state index in [4.69, 9.17) is 4.74 Å². The highest BCUT2D eigenvalue weighted by atomic mass is 32.2. The molecule has 0 aromatic heterocycles. The molecule has 0 saturated heterocycles. The first kappa shape index (κ1) is 26.5. The summed E-state index contributed by atoms with van der Waals surface area (Å²) in [6.45, 7) is 3.83. The smallest absolute Gasteiger partial charge is 0.166 e. The van der Waals surface area contributed by atoms with Crippen molar-refractivity contribution < 1.29 is 22.5 Å². The minimum Gasteiger partial charge on any atom is -0.748 e. The Morgan fingerprint density at radius 2 is 1.39 bits per heavy atom. The Balaban J connectivity index is 0.000000179. The predicted octanol–water partition coefficient (Wildman–Crippen LogP) is 5.72. The summed E-state index contributed by atoms with van der Waals surface area (Å²) in [5, 5.41) is 0. The first-order valence-corrected chi connectivity index (χ1v) is 14.8. The third kappa shape index (κ3) is 5.24. The minimum atomic E-state index is -4.33. The van der Waals surface area contributed by atoms with Crippen LogP contribution in [0.15, 0.2) is 99.6 Å². The van der Waals surface area contributed by atoms with Crippen molar-refractivity contribution in [1.82, 2.24) is 0 Å². The van der Waals surface area contributed by atoms with Crippen molar-refractivity contribution in [3.63, 3.8) is 0 Å². The van der Waals surface area contributed by atoms with E-state index in [9.17, 15) is 17.8 Å². The zero-order chi connectivity index (χ0) is 26.0. The topological polar surface area (TPSA) is 83.5 Å². The molecular formula is C29H32O5S2. The van der Waals surface area contributed by atoms with E-state index in [1.807, 2.05) is 26.0 Å². The summed E-state index contributed by atoms with van der Waals surface area (Å²) in [6, 6.07) is 29.7. The summed E-state index contributed by atoms with van der Waals surface area (Å²) in [5.41, 5.74) is -1.22. The van der Waals surface area contributed by atoms with Gasteiger partial charge in [0.2, 0.25) is 0 Å². The molecule has 0 amide bonds. The first-order chi connectivity index (χ1) is 17.1. The van der Waals surface area contributed by atoms with Gasteiger partial charge in [0.25, 0.3) is 0 Å². The molecule has 0 radical (unpaired) electrons. The number of carbonyl (C=O) groups excluding carboxylic acids is 1. The van der Waals surface area contributed by atoms with E-state index in [0.29, 0.717) is 12.8 Å². The molecule has 2 aliphatic carbocycles. The molecule has 2 atom stereocenters. The fraction of sp³-hybridized carbons (Fsp3) is 0.345. The van der Waals surface area contributed by atoms with Gasteiger partial charge in [0, 0.05) is 11.8 Å². The maximum atomic E-state index is 11.8. The number of hydrogen-bond acceptors (Lipinski definition) is 5. The number of ketones is 1. The number of rotatable bonds is 6. The Labute approximate surface area is 217 Å². The lowest BCUT2D eigenvalue weighted by Crippen LogP contribution is -2.42. The van der Waals surface area contributed by atoms with E-state index in [2.05, 4.69) is 72.8 Å². The first-order valence-electron chi connectivity index (χ1n) is 12.0. The van der Waals surface area contributed by atoms with Crippen LogP contribution in [0.2, 0.25) is 0 Å². The molecule has 7 heteroatoms. The maximum Gasteiger partial charge on any atom is 0.166 e. The number of benzene rings is 3. The molecule has 36 heavy (non-hydrogen) atoms. The molecule has 190 valence electrons. The second kappa shape index (κ2) is 10.4. The third-order valence-electron chi connectivity index (χ3n) is 7.82. The van der Waals surface area contributed by atoms with Crippen LogP contribution < -0.4 is 4.74 Å². The van der Waals surface area contributed by atoms with Gasteiger partial charge in [-0.2, -0.15) is 0 Å². The van der Waals surface area contributed by atoms with Crippen LogP contribution in [0.25, 0.3) is 0 Å². The van der Waals surface area contributed by atoms with E-state index >= 15 is 0 Å². The Morgan fingerprint density at radius 1 is 0.889 bits per heavy atom. The van der Waals surface area contributed by atoms with Gasteiger partial charge in [-0.25, -0.2) is 8.42 Å². The van der Waals surface area contributed by atoms with Gasteiger partial charge in [-0.1, -0.05) is 50.2 Å². The Kier molecular flexibility index (Phi) is 7.64. The number of Topliss-reactive ketones (excluding diaryl/α,β-unsaturated/α-hetero) is 1. The van der Waals surface area contributed by atoms with Crippen molar-refractivity contribution in [2.45, 2.75) is 47.8 Å². The molecule has 5 rings (SSSR count). The fourth-order valence-electron chi connectivity index (χ4n) is 5.64. The van der Waals surface area contributed by atoms with Gasteiger partial charge < -0.3 is 9.29 Å². The van der Waals surface area contributed by atoms with Crippen LogP contribution in [-0.2, 0) is 25.8 Å². The van der Waals surface area contributed by atoms with Crippen LogP contribution in [0.4, 0.5) is 0 Å². The molecule has 2 fully saturated rings. The van der Waals surface area contributed by atoms with Gasteiger partial charge in [-0.15, -0.1) is 0 Å². The number of ether oxygens (including phenoxy) is 1. The van der Waals surface area contributed by atoms with Crippen molar-refractivity contribution in [2.24, 2.45) is 16.7 Å². The summed E-state index contributed by atoms with van der Waals surface area (Å²) in [5.74, 6) is 0.612. The number of fused-ring (bicyclic) bond motifs is 2. The molecule has 0 heterocycles.